The number of fused-ring (bicyclic) bond motifs is 1. The van der Waals surface area contributed by atoms with Crippen LogP contribution in [0.3, 0.4) is 0 Å². The lowest BCUT2D eigenvalue weighted by Crippen LogP contribution is -2.36. The van der Waals surface area contributed by atoms with Crippen LogP contribution in [-0.4, -0.2) is 25.4 Å². The molecule has 1 fully saturated rings. The molecule has 9 heavy (non-hydrogen) atoms. The van der Waals surface area contributed by atoms with Gasteiger partial charge in [0.15, 0.2) is 0 Å². The summed E-state index contributed by atoms with van der Waals surface area (Å²) in [6, 6.07) is 0. The van der Waals surface area contributed by atoms with E-state index in [9.17, 15) is 0 Å². The summed E-state index contributed by atoms with van der Waals surface area (Å²) in [5.41, 5.74) is 1.26. The number of piperidine rings is 1. The molecule has 2 rings (SSSR count). The summed E-state index contributed by atoms with van der Waals surface area (Å²) < 4.78 is 0. The zero-order valence-electron chi connectivity index (χ0n) is 5.26. The highest BCUT2D eigenvalue weighted by molar-refractivity contribution is 5.88. The first kappa shape index (κ1) is 5.23. The van der Waals surface area contributed by atoms with Gasteiger partial charge in [-0.25, -0.2) is 0 Å². The predicted octanol–water partition coefficient (Wildman–Crippen LogP) is -0.0179. The molecule has 2 heterocycles. The summed E-state index contributed by atoms with van der Waals surface area (Å²) in [6.45, 7) is 2.92. The Morgan fingerprint density at radius 3 is 3.56 bits per heavy atom. The third kappa shape index (κ3) is 0.812. The topological polar surface area (TPSA) is 33.6 Å². The molecule has 0 aliphatic carbocycles. The van der Waals surface area contributed by atoms with Gasteiger partial charge in [-0.3, -0.25) is 0 Å². The molecule has 0 radical (unpaired) electrons. The van der Waals surface area contributed by atoms with Crippen LogP contribution in [0.15, 0.2) is 5.16 Å². The van der Waals surface area contributed by atoms with Crippen molar-refractivity contribution >= 4 is 5.71 Å². The largest absolute Gasteiger partial charge is 0.395 e. The fraction of sp³-hybridized carbons (Fsp3) is 0.833. The van der Waals surface area contributed by atoms with Crippen LogP contribution in [0.1, 0.15) is 6.42 Å². The molecule has 1 N–H and O–H groups in total. The lowest BCUT2D eigenvalue weighted by atomic mass is 9.99. The quantitative estimate of drug-likeness (QED) is 0.495. The number of rotatable bonds is 0. The highest BCUT2D eigenvalue weighted by Gasteiger charge is 2.25. The number of hydrogen-bond acceptors (Lipinski definition) is 3. The second-order valence-electron chi connectivity index (χ2n) is 2.53. The van der Waals surface area contributed by atoms with Gasteiger partial charge in [0, 0.05) is 25.4 Å². The van der Waals surface area contributed by atoms with Gasteiger partial charge < -0.3 is 10.2 Å². The standard InChI is InChI=1S/C6H10N2O/c1-2-7-3-5-4-9-8-6(1)5/h5,7H,1-4H2. The second kappa shape index (κ2) is 1.99. The Bertz CT molecular complexity index is 144. The lowest BCUT2D eigenvalue weighted by Gasteiger charge is -2.16. The minimum atomic E-state index is 0.582. The molecule has 1 atom stereocenters. The van der Waals surface area contributed by atoms with E-state index in [0.717, 1.165) is 26.1 Å². The Morgan fingerprint density at radius 2 is 2.67 bits per heavy atom. The third-order valence-corrected chi connectivity index (χ3v) is 1.88. The molecule has 3 heteroatoms. The summed E-state index contributed by atoms with van der Waals surface area (Å²) in [7, 11) is 0. The van der Waals surface area contributed by atoms with Gasteiger partial charge >= 0.3 is 0 Å². The van der Waals surface area contributed by atoms with Gasteiger partial charge in [-0.15, -0.1) is 0 Å². The highest BCUT2D eigenvalue weighted by atomic mass is 16.6. The first-order chi connectivity index (χ1) is 4.47. The van der Waals surface area contributed by atoms with E-state index in [4.69, 9.17) is 4.84 Å². The van der Waals surface area contributed by atoms with Crippen molar-refractivity contribution in [2.45, 2.75) is 6.42 Å². The van der Waals surface area contributed by atoms with Gasteiger partial charge in [-0.1, -0.05) is 5.16 Å². The van der Waals surface area contributed by atoms with Crippen LogP contribution >= 0.6 is 0 Å². The molecular weight excluding hydrogens is 116 g/mol. The normalized spacial score (nSPS) is 32.9. The van der Waals surface area contributed by atoms with Crippen LogP contribution in [0.2, 0.25) is 0 Å². The highest BCUT2D eigenvalue weighted by Crippen LogP contribution is 2.14. The van der Waals surface area contributed by atoms with E-state index in [-0.39, 0.29) is 0 Å². The summed E-state index contributed by atoms with van der Waals surface area (Å²) in [5, 5.41) is 7.23. The van der Waals surface area contributed by atoms with Crippen molar-refractivity contribution in [2.24, 2.45) is 11.1 Å². The zero-order chi connectivity index (χ0) is 6.10. The van der Waals surface area contributed by atoms with Crippen LogP contribution in [0, 0.1) is 5.92 Å². The van der Waals surface area contributed by atoms with Gasteiger partial charge in [-0.2, -0.15) is 0 Å². The van der Waals surface area contributed by atoms with E-state index < -0.39 is 0 Å². The van der Waals surface area contributed by atoms with Gasteiger partial charge in [0.1, 0.15) is 6.61 Å². The number of nitrogens with zero attached hydrogens (tertiary/aromatic N) is 1. The van der Waals surface area contributed by atoms with Crippen LogP contribution < -0.4 is 5.32 Å². The van der Waals surface area contributed by atoms with Crippen LogP contribution in [-0.2, 0) is 4.84 Å². The van der Waals surface area contributed by atoms with Crippen molar-refractivity contribution < 1.29 is 4.84 Å². The predicted molar refractivity (Wildman–Crippen MR) is 34.4 cm³/mol. The number of nitrogens with one attached hydrogen (secondary N) is 1. The summed E-state index contributed by atoms with van der Waals surface area (Å²) in [6.07, 6.45) is 1.07. The van der Waals surface area contributed by atoms with Crippen LogP contribution in [0.25, 0.3) is 0 Å². The Morgan fingerprint density at radius 1 is 1.67 bits per heavy atom. The van der Waals surface area contributed by atoms with E-state index in [1.807, 2.05) is 0 Å². The van der Waals surface area contributed by atoms with Gasteiger partial charge in [0.05, 0.1) is 5.71 Å². The zero-order valence-corrected chi connectivity index (χ0v) is 5.26. The van der Waals surface area contributed by atoms with Crippen molar-refractivity contribution in [1.29, 1.82) is 0 Å². The maximum absolute atomic E-state index is 4.94. The van der Waals surface area contributed by atoms with Crippen molar-refractivity contribution in [3.8, 4) is 0 Å². The molecule has 3 nitrogen and oxygen atoms in total. The molecule has 0 amide bonds. The number of oxime groups is 1. The molecule has 0 saturated carbocycles. The minimum absolute atomic E-state index is 0.582. The molecule has 0 aromatic heterocycles. The molecule has 2 aliphatic heterocycles. The SMILES string of the molecule is C1CC2=NOCC2CN1. The first-order valence-corrected chi connectivity index (χ1v) is 3.36. The van der Waals surface area contributed by atoms with Crippen molar-refractivity contribution in [1.82, 2.24) is 5.32 Å². The van der Waals surface area contributed by atoms with E-state index in [0.29, 0.717) is 5.92 Å². The molecule has 0 aromatic rings. The van der Waals surface area contributed by atoms with Gasteiger partial charge in [0.25, 0.3) is 0 Å². The summed E-state index contributed by atoms with van der Waals surface area (Å²) in [4.78, 5) is 4.94. The average Bonchev–Trinajstić information content (AvgIpc) is 2.33. The Labute approximate surface area is 54.1 Å². The Kier molecular flexibility index (Phi) is 1.16. The summed E-state index contributed by atoms with van der Waals surface area (Å²) >= 11 is 0. The molecule has 0 bridgehead atoms. The van der Waals surface area contributed by atoms with Crippen LogP contribution in [0.5, 0.6) is 0 Å². The minimum Gasteiger partial charge on any atom is -0.395 e. The Hall–Kier alpha value is -0.570. The molecule has 0 aromatic carbocycles. The first-order valence-electron chi connectivity index (χ1n) is 3.36. The third-order valence-electron chi connectivity index (χ3n) is 1.88. The van der Waals surface area contributed by atoms with Crippen LogP contribution in [0.4, 0.5) is 0 Å². The van der Waals surface area contributed by atoms with E-state index >= 15 is 0 Å². The second-order valence-corrected chi connectivity index (χ2v) is 2.53. The van der Waals surface area contributed by atoms with E-state index in [2.05, 4.69) is 10.5 Å². The van der Waals surface area contributed by atoms with Gasteiger partial charge in [0.2, 0.25) is 0 Å². The van der Waals surface area contributed by atoms with E-state index in [1.54, 1.807) is 0 Å². The van der Waals surface area contributed by atoms with Crippen molar-refractivity contribution in [2.75, 3.05) is 19.7 Å². The molecule has 2 aliphatic rings. The number of hydrogen-bond donors (Lipinski definition) is 1. The molecule has 1 saturated heterocycles. The lowest BCUT2D eigenvalue weighted by molar-refractivity contribution is 0.154. The monoisotopic (exact) mass is 126 g/mol. The molecule has 1 unspecified atom stereocenters. The maximum atomic E-state index is 4.94. The fourth-order valence-electron chi connectivity index (χ4n) is 1.30. The molecular formula is C6H10N2O. The average molecular weight is 126 g/mol. The smallest absolute Gasteiger partial charge is 0.126 e. The molecule has 0 spiro atoms. The van der Waals surface area contributed by atoms with E-state index in [1.165, 1.54) is 5.71 Å². The van der Waals surface area contributed by atoms with Crippen molar-refractivity contribution in [3.63, 3.8) is 0 Å². The van der Waals surface area contributed by atoms with Crippen molar-refractivity contribution in [3.05, 3.63) is 0 Å². The fourth-order valence-corrected chi connectivity index (χ4v) is 1.30. The van der Waals surface area contributed by atoms with Gasteiger partial charge in [-0.05, 0) is 0 Å². The Balaban J connectivity index is 2.09. The summed E-state index contributed by atoms with van der Waals surface area (Å²) in [5.74, 6) is 0.582. The maximum Gasteiger partial charge on any atom is 0.126 e. The molecule has 50 valence electrons.